The molecule has 1 aromatic rings. The Hall–Kier alpha value is -2.06. The molecule has 0 spiro atoms. The van der Waals surface area contributed by atoms with Gasteiger partial charge in [0.25, 0.3) is 0 Å². The van der Waals surface area contributed by atoms with Gasteiger partial charge in [-0.1, -0.05) is 0 Å². The maximum Gasteiger partial charge on any atom is 0.451 e. The number of carbonyl (C=O) groups is 1. The molecule has 134 valence electrons. The van der Waals surface area contributed by atoms with E-state index in [1.165, 1.54) is 6.07 Å². The molecule has 24 heavy (non-hydrogen) atoms. The molecule has 1 aliphatic rings. The van der Waals surface area contributed by atoms with E-state index in [4.69, 9.17) is 4.74 Å². The van der Waals surface area contributed by atoms with Crippen LogP contribution in [0.25, 0.3) is 0 Å². The van der Waals surface area contributed by atoms with Gasteiger partial charge in [0, 0.05) is 25.3 Å². The third-order valence-electron chi connectivity index (χ3n) is 3.41. The molecule has 1 aliphatic heterocycles. The van der Waals surface area contributed by atoms with Crippen LogP contribution in [0.5, 0.6) is 0 Å². The summed E-state index contributed by atoms with van der Waals surface area (Å²) in [5.41, 5.74) is -0.554. The minimum absolute atomic E-state index is 0.0559. The van der Waals surface area contributed by atoms with E-state index in [2.05, 4.69) is 15.3 Å². The predicted molar refractivity (Wildman–Crippen MR) is 81.5 cm³/mol. The summed E-state index contributed by atoms with van der Waals surface area (Å²) in [6, 6.07) is 1.34. The molecule has 1 N–H and O–H groups in total. The first-order valence-corrected chi connectivity index (χ1v) is 7.69. The summed E-state index contributed by atoms with van der Waals surface area (Å²) in [6.07, 6.45) is -2.66. The normalized spacial score (nSPS) is 16.8. The van der Waals surface area contributed by atoms with Gasteiger partial charge in [0.2, 0.25) is 5.82 Å². The fourth-order valence-electron chi connectivity index (χ4n) is 2.32. The van der Waals surface area contributed by atoms with Crippen molar-refractivity contribution in [2.45, 2.75) is 51.4 Å². The lowest BCUT2D eigenvalue weighted by atomic mass is 10.1. The Labute approximate surface area is 138 Å². The van der Waals surface area contributed by atoms with Crippen molar-refractivity contribution in [1.29, 1.82) is 0 Å². The van der Waals surface area contributed by atoms with Crippen LogP contribution in [0.15, 0.2) is 12.3 Å². The summed E-state index contributed by atoms with van der Waals surface area (Å²) in [5.74, 6) is -1.04. The maximum atomic E-state index is 12.6. The minimum atomic E-state index is -4.57. The van der Waals surface area contributed by atoms with Crippen molar-refractivity contribution in [3.8, 4) is 0 Å². The fraction of sp³-hybridized carbons (Fsp3) is 0.667. The summed E-state index contributed by atoms with van der Waals surface area (Å²) >= 11 is 0. The highest BCUT2D eigenvalue weighted by molar-refractivity contribution is 5.68. The molecule has 1 aromatic heterocycles. The van der Waals surface area contributed by atoms with Crippen molar-refractivity contribution in [1.82, 2.24) is 14.9 Å². The summed E-state index contributed by atoms with van der Waals surface area (Å²) in [7, 11) is 0. The number of hydrogen-bond donors (Lipinski definition) is 1. The third kappa shape index (κ3) is 5.24. The van der Waals surface area contributed by atoms with Gasteiger partial charge in [-0.15, -0.1) is 0 Å². The van der Waals surface area contributed by atoms with E-state index < -0.39 is 17.6 Å². The van der Waals surface area contributed by atoms with Gasteiger partial charge < -0.3 is 15.0 Å². The van der Waals surface area contributed by atoms with Crippen molar-refractivity contribution in [2.75, 3.05) is 18.4 Å². The second-order valence-electron chi connectivity index (χ2n) is 6.65. The second-order valence-corrected chi connectivity index (χ2v) is 6.65. The Kier molecular flexibility index (Phi) is 5.19. The molecule has 9 heteroatoms. The Morgan fingerprint density at radius 3 is 2.46 bits per heavy atom. The third-order valence-corrected chi connectivity index (χ3v) is 3.41. The molecule has 0 bridgehead atoms. The first kappa shape index (κ1) is 18.3. The topological polar surface area (TPSA) is 67.3 Å². The van der Waals surface area contributed by atoms with Crippen LogP contribution in [0.3, 0.4) is 0 Å². The van der Waals surface area contributed by atoms with Crippen LogP contribution in [0.1, 0.15) is 39.4 Å². The van der Waals surface area contributed by atoms with Gasteiger partial charge in [0.05, 0.1) is 0 Å². The zero-order chi connectivity index (χ0) is 18.0. The number of halogens is 3. The quantitative estimate of drug-likeness (QED) is 0.890. The number of rotatable bonds is 2. The van der Waals surface area contributed by atoms with Crippen LogP contribution in [0, 0.1) is 0 Å². The Balaban J connectivity index is 1.88. The van der Waals surface area contributed by atoms with E-state index in [0.717, 1.165) is 6.20 Å². The van der Waals surface area contributed by atoms with Crippen molar-refractivity contribution in [3.05, 3.63) is 18.1 Å². The number of likely N-dealkylation sites (tertiary alicyclic amines) is 1. The first-order valence-electron chi connectivity index (χ1n) is 7.69. The molecule has 1 fully saturated rings. The lowest BCUT2D eigenvalue weighted by Crippen LogP contribution is -2.44. The first-order chi connectivity index (χ1) is 11.0. The molecular weight excluding hydrogens is 325 g/mol. The van der Waals surface area contributed by atoms with E-state index in [-0.39, 0.29) is 18.0 Å². The van der Waals surface area contributed by atoms with Gasteiger partial charge in [-0.05, 0) is 39.7 Å². The smallest absolute Gasteiger partial charge is 0.444 e. The average Bonchev–Trinajstić information content (AvgIpc) is 2.45. The number of anilines is 1. The highest BCUT2D eigenvalue weighted by Gasteiger charge is 2.35. The number of hydrogen-bond acceptors (Lipinski definition) is 5. The number of ether oxygens (including phenoxy) is 1. The second kappa shape index (κ2) is 6.82. The van der Waals surface area contributed by atoms with E-state index in [9.17, 15) is 18.0 Å². The summed E-state index contributed by atoms with van der Waals surface area (Å²) < 4.78 is 43.1. The van der Waals surface area contributed by atoms with Gasteiger partial charge in [0.1, 0.15) is 11.4 Å². The zero-order valence-electron chi connectivity index (χ0n) is 13.9. The number of aromatic nitrogens is 2. The highest BCUT2D eigenvalue weighted by Crippen LogP contribution is 2.27. The van der Waals surface area contributed by atoms with Crippen LogP contribution in [-0.4, -0.2) is 45.7 Å². The summed E-state index contributed by atoms with van der Waals surface area (Å²) in [5, 5.41) is 2.97. The zero-order valence-corrected chi connectivity index (χ0v) is 13.9. The molecule has 1 saturated heterocycles. The van der Waals surface area contributed by atoms with E-state index in [1.807, 2.05) is 0 Å². The Bertz CT molecular complexity index is 579. The predicted octanol–water partition coefficient (Wildman–Crippen LogP) is 3.31. The van der Waals surface area contributed by atoms with Crippen molar-refractivity contribution in [2.24, 2.45) is 0 Å². The number of nitrogens with one attached hydrogen (secondary N) is 1. The largest absolute Gasteiger partial charge is 0.451 e. The van der Waals surface area contributed by atoms with Crippen molar-refractivity contribution in [3.63, 3.8) is 0 Å². The average molecular weight is 346 g/mol. The van der Waals surface area contributed by atoms with E-state index >= 15 is 0 Å². The van der Waals surface area contributed by atoms with Gasteiger partial charge in [0.15, 0.2) is 0 Å². The van der Waals surface area contributed by atoms with Crippen LogP contribution < -0.4 is 5.32 Å². The van der Waals surface area contributed by atoms with Crippen LogP contribution in [0.4, 0.5) is 23.8 Å². The molecule has 0 aromatic carbocycles. The minimum Gasteiger partial charge on any atom is -0.444 e. The fourth-order valence-corrected chi connectivity index (χ4v) is 2.32. The number of nitrogens with zero attached hydrogens (tertiary/aromatic N) is 3. The maximum absolute atomic E-state index is 12.6. The molecule has 0 atom stereocenters. The lowest BCUT2D eigenvalue weighted by molar-refractivity contribution is -0.144. The number of amides is 1. The van der Waals surface area contributed by atoms with Crippen LogP contribution >= 0.6 is 0 Å². The Morgan fingerprint density at radius 1 is 1.29 bits per heavy atom. The van der Waals surface area contributed by atoms with Crippen LogP contribution in [-0.2, 0) is 10.9 Å². The van der Waals surface area contributed by atoms with Crippen molar-refractivity contribution < 1.29 is 22.7 Å². The molecule has 0 saturated carbocycles. The monoisotopic (exact) mass is 346 g/mol. The molecule has 0 radical (unpaired) electrons. The number of carbonyl (C=O) groups excluding carboxylic acids is 1. The number of alkyl halides is 3. The molecule has 0 aliphatic carbocycles. The SMILES string of the molecule is CC(C)(C)OC(=O)N1CCC(Nc2ccnc(C(F)(F)F)n2)CC1. The summed E-state index contributed by atoms with van der Waals surface area (Å²) in [6.45, 7) is 6.35. The molecule has 0 unspecified atom stereocenters. The molecule has 6 nitrogen and oxygen atoms in total. The number of piperidine rings is 1. The Morgan fingerprint density at radius 2 is 1.92 bits per heavy atom. The molecular formula is C15H21F3N4O2. The highest BCUT2D eigenvalue weighted by atomic mass is 19.4. The molecule has 2 rings (SSSR count). The lowest BCUT2D eigenvalue weighted by Gasteiger charge is -2.33. The van der Waals surface area contributed by atoms with E-state index in [0.29, 0.717) is 25.9 Å². The summed E-state index contributed by atoms with van der Waals surface area (Å²) in [4.78, 5) is 20.3. The van der Waals surface area contributed by atoms with Gasteiger partial charge in [-0.2, -0.15) is 13.2 Å². The van der Waals surface area contributed by atoms with Gasteiger partial charge >= 0.3 is 12.3 Å². The molecule has 1 amide bonds. The van der Waals surface area contributed by atoms with Gasteiger partial charge in [-0.3, -0.25) is 0 Å². The van der Waals surface area contributed by atoms with Crippen molar-refractivity contribution >= 4 is 11.9 Å². The van der Waals surface area contributed by atoms with Gasteiger partial charge in [-0.25, -0.2) is 14.8 Å². The van der Waals surface area contributed by atoms with Crippen LogP contribution in [0.2, 0.25) is 0 Å². The van der Waals surface area contributed by atoms with E-state index in [1.54, 1.807) is 25.7 Å². The standard InChI is InChI=1S/C15H21F3N4O2/c1-14(2,3)24-13(23)22-8-5-10(6-9-22)20-11-4-7-19-12(21-11)15(16,17)18/h4,7,10H,5-6,8-9H2,1-3H3,(H,19,20,21). The molecule has 2 heterocycles.